The number of hydrogen-bond donors (Lipinski definition) is 1. The first-order valence-electron chi connectivity index (χ1n) is 8.29. The average Bonchev–Trinajstić information content (AvgIpc) is 3.20. The second-order valence-electron chi connectivity index (χ2n) is 5.96. The van der Waals surface area contributed by atoms with Crippen LogP contribution in [0.5, 0.6) is 0 Å². The van der Waals surface area contributed by atoms with Crippen LogP contribution in [0.1, 0.15) is 57.6 Å². The van der Waals surface area contributed by atoms with E-state index in [4.69, 9.17) is 4.74 Å². The van der Waals surface area contributed by atoms with Gasteiger partial charge in [-0.15, -0.1) is 0 Å². The number of carbonyl (C=O) groups is 1. The lowest BCUT2D eigenvalue weighted by Crippen LogP contribution is -2.23. The quantitative estimate of drug-likeness (QED) is 0.531. The maximum atomic E-state index is 11.7. The van der Waals surface area contributed by atoms with Crippen LogP contribution in [0, 0.1) is 5.92 Å². The van der Waals surface area contributed by atoms with Crippen molar-refractivity contribution in [2.75, 3.05) is 13.2 Å². The number of unbranched alkanes of at least 4 members (excludes halogenated alkanes) is 1. The van der Waals surface area contributed by atoms with Crippen molar-refractivity contribution in [2.24, 2.45) is 5.92 Å². The fourth-order valence-corrected chi connectivity index (χ4v) is 2.55. The van der Waals surface area contributed by atoms with Crippen molar-refractivity contribution in [3.8, 4) is 0 Å². The van der Waals surface area contributed by atoms with Crippen LogP contribution in [0.15, 0.2) is 18.5 Å². The molecule has 1 atom stereocenters. The molecule has 1 aromatic rings. The molecule has 4 nitrogen and oxygen atoms in total. The average molecular weight is 292 g/mol. The number of nitrogens with zero attached hydrogens (tertiary/aromatic N) is 1. The van der Waals surface area contributed by atoms with Crippen LogP contribution in [0.25, 0.3) is 0 Å². The molecule has 1 saturated carbocycles. The number of hydrogen-bond acceptors (Lipinski definition) is 3. The van der Waals surface area contributed by atoms with Crippen LogP contribution in [-0.4, -0.2) is 23.7 Å². The van der Waals surface area contributed by atoms with Gasteiger partial charge in [0, 0.05) is 18.4 Å². The minimum atomic E-state index is -0.143. The fraction of sp³-hybridized carbons (Fsp3) is 0.706. The van der Waals surface area contributed by atoms with E-state index in [0.29, 0.717) is 19.2 Å². The van der Waals surface area contributed by atoms with Gasteiger partial charge in [0.2, 0.25) is 0 Å². The predicted molar refractivity (Wildman–Crippen MR) is 84.1 cm³/mol. The van der Waals surface area contributed by atoms with Gasteiger partial charge in [-0.3, -0.25) is 4.79 Å². The van der Waals surface area contributed by atoms with E-state index in [1.807, 2.05) is 10.8 Å². The van der Waals surface area contributed by atoms with Gasteiger partial charge in [0.05, 0.1) is 6.61 Å². The number of nitrogens with one attached hydrogen (secondary N) is 1. The summed E-state index contributed by atoms with van der Waals surface area (Å²) in [6.07, 6.45) is 9.83. The van der Waals surface area contributed by atoms with Crippen molar-refractivity contribution in [3.63, 3.8) is 0 Å². The first-order chi connectivity index (χ1) is 10.2. The zero-order valence-electron chi connectivity index (χ0n) is 13.3. The summed E-state index contributed by atoms with van der Waals surface area (Å²) in [5.74, 6) is 0.624. The summed E-state index contributed by atoms with van der Waals surface area (Å²) in [7, 11) is 0. The second kappa shape index (κ2) is 8.23. The summed E-state index contributed by atoms with van der Waals surface area (Å²) in [5, 5.41) is 3.63. The van der Waals surface area contributed by atoms with Crippen LogP contribution < -0.4 is 5.32 Å². The van der Waals surface area contributed by atoms with Crippen LogP contribution in [0.3, 0.4) is 0 Å². The normalized spacial score (nSPS) is 15.9. The molecule has 118 valence electrons. The van der Waals surface area contributed by atoms with E-state index in [1.165, 1.54) is 18.4 Å². The molecule has 21 heavy (non-hydrogen) atoms. The summed E-state index contributed by atoms with van der Waals surface area (Å²) in [4.78, 5) is 11.7. The van der Waals surface area contributed by atoms with E-state index in [-0.39, 0.29) is 5.97 Å². The first-order valence-corrected chi connectivity index (χ1v) is 8.29. The molecule has 0 bridgehead atoms. The standard InChI is InChI=1S/C17H28N2O2/c1-3-5-11-21-16(20)13-19-10-8-15(12-19)17(14-6-7-14)18-9-4-2/h8,10,12,14,17-18H,3-7,9,11,13H2,1-2H3. The number of rotatable bonds is 10. The van der Waals surface area contributed by atoms with E-state index in [0.717, 1.165) is 31.7 Å². The Morgan fingerprint density at radius 3 is 2.90 bits per heavy atom. The van der Waals surface area contributed by atoms with Crippen LogP contribution in [-0.2, 0) is 16.1 Å². The molecule has 1 aliphatic carbocycles. The number of carbonyl (C=O) groups excluding carboxylic acids is 1. The molecule has 0 aliphatic heterocycles. The third-order valence-electron chi connectivity index (χ3n) is 3.91. The zero-order chi connectivity index (χ0) is 15.1. The Balaban J connectivity index is 1.85. The van der Waals surface area contributed by atoms with Crippen molar-refractivity contribution in [3.05, 3.63) is 24.0 Å². The van der Waals surface area contributed by atoms with Crippen molar-refractivity contribution >= 4 is 5.97 Å². The van der Waals surface area contributed by atoms with Gasteiger partial charge in [-0.05, 0) is 49.8 Å². The highest BCUT2D eigenvalue weighted by Gasteiger charge is 2.32. The molecule has 1 fully saturated rings. The summed E-state index contributed by atoms with van der Waals surface area (Å²) >= 11 is 0. The van der Waals surface area contributed by atoms with Crippen molar-refractivity contribution in [2.45, 2.75) is 58.5 Å². The molecule has 1 heterocycles. The summed E-state index contributed by atoms with van der Waals surface area (Å²) < 4.78 is 7.14. The smallest absolute Gasteiger partial charge is 0.325 e. The minimum Gasteiger partial charge on any atom is -0.464 e. The molecule has 0 aromatic carbocycles. The highest BCUT2D eigenvalue weighted by Crippen LogP contribution is 2.41. The van der Waals surface area contributed by atoms with Gasteiger partial charge in [-0.1, -0.05) is 20.3 Å². The molecule has 0 amide bonds. The molecular formula is C17H28N2O2. The Bertz CT molecular complexity index is 438. The number of esters is 1. The molecular weight excluding hydrogens is 264 g/mol. The lowest BCUT2D eigenvalue weighted by molar-refractivity contribution is -0.144. The lowest BCUT2D eigenvalue weighted by Gasteiger charge is -2.16. The van der Waals surface area contributed by atoms with Gasteiger partial charge >= 0.3 is 5.97 Å². The third-order valence-corrected chi connectivity index (χ3v) is 3.91. The predicted octanol–water partition coefficient (Wildman–Crippen LogP) is 3.28. The van der Waals surface area contributed by atoms with Gasteiger partial charge in [0.15, 0.2) is 0 Å². The van der Waals surface area contributed by atoms with Gasteiger partial charge in [0.25, 0.3) is 0 Å². The molecule has 0 saturated heterocycles. The van der Waals surface area contributed by atoms with Crippen LogP contribution in [0.2, 0.25) is 0 Å². The first kappa shape index (κ1) is 16.1. The van der Waals surface area contributed by atoms with Crippen molar-refractivity contribution in [1.82, 2.24) is 9.88 Å². The van der Waals surface area contributed by atoms with Gasteiger partial charge in [-0.25, -0.2) is 0 Å². The Hall–Kier alpha value is -1.29. The summed E-state index contributed by atoms with van der Waals surface area (Å²) in [6.45, 7) is 6.17. The molecule has 1 aromatic heterocycles. The molecule has 1 unspecified atom stereocenters. The summed E-state index contributed by atoms with van der Waals surface area (Å²) in [5.41, 5.74) is 1.30. The highest BCUT2D eigenvalue weighted by molar-refractivity contribution is 5.69. The maximum Gasteiger partial charge on any atom is 0.325 e. The Kier molecular flexibility index (Phi) is 6.30. The Labute approximate surface area is 127 Å². The Morgan fingerprint density at radius 2 is 2.24 bits per heavy atom. The van der Waals surface area contributed by atoms with E-state index in [9.17, 15) is 4.79 Å². The van der Waals surface area contributed by atoms with Gasteiger partial charge < -0.3 is 14.6 Å². The highest BCUT2D eigenvalue weighted by atomic mass is 16.5. The fourth-order valence-electron chi connectivity index (χ4n) is 2.55. The second-order valence-corrected chi connectivity index (χ2v) is 5.96. The van der Waals surface area contributed by atoms with E-state index in [1.54, 1.807) is 0 Å². The molecule has 4 heteroatoms. The monoisotopic (exact) mass is 292 g/mol. The van der Waals surface area contributed by atoms with Gasteiger partial charge in [0.1, 0.15) is 6.54 Å². The lowest BCUT2D eigenvalue weighted by atomic mass is 10.1. The third kappa shape index (κ3) is 5.20. The minimum absolute atomic E-state index is 0.143. The Morgan fingerprint density at radius 1 is 1.43 bits per heavy atom. The number of aromatic nitrogens is 1. The molecule has 0 spiro atoms. The van der Waals surface area contributed by atoms with Crippen LogP contribution >= 0.6 is 0 Å². The van der Waals surface area contributed by atoms with Gasteiger partial charge in [-0.2, -0.15) is 0 Å². The molecule has 1 aliphatic rings. The summed E-state index contributed by atoms with van der Waals surface area (Å²) in [6, 6.07) is 2.58. The van der Waals surface area contributed by atoms with E-state index >= 15 is 0 Å². The van der Waals surface area contributed by atoms with E-state index in [2.05, 4.69) is 31.4 Å². The maximum absolute atomic E-state index is 11.7. The van der Waals surface area contributed by atoms with Crippen molar-refractivity contribution < 1.29 is 9.53 Å². The van der Waals surface area contributed by atoms with Crippen molar-refractivity contribution in [1.29, 1.82) is 0 Å². The van der Waals surface area contributed by atoms with E-state index < -0.39 is 0 Å². The SMILES string of the molecule is CCCCOC(=O)Cn1ccc(C(NCCC)C2CC2)c1. The zero-order valence-corrected chi connectivity index (χ0v) is 13.3. The molecule has 2 rings (SSSR count). The largest absolute Gasteiger partial charge is 0.464 e. The topological polar surface area (TPSA) is 43.3 Å². The number of ether oxygens (including phenoxy) is 1. The molecule has 0 radical (unpaired) electrons. The molecule has 1 N–H and O–H groups in total. The van der Waals surface area contributed by atoms with Crippen LogP contribution in [0.4, 0.5) is 0 Å².